The van der Waals surface area contributed by atoms with E-state index in [2.05, 4.69) is 12.7 Å². The van der Waals surface area contributed by atoms with Crippen molar-refractivity contribution in [1.82, 2.24) is 0 Å². The van der Waals surface area contributed by atoms with E-state index in [9.17, 15) is 14.7 Å². The first kappa shape index (κ1) is 16.2. The molecule has 1 saturated carbocycles. The molecule has 3 aliphatic rings. The second-order valence-electron chi connectivity index (χ2n) is 7.11. The van der Waals surface area contributed by atoms with Gasteiger partial charge in [-0.3, -0.25) is 4.79 Å². The van der Waals surface area contributed by atoms with Gasteiger partial charge in [-0.1, -0.05) is 25.2 Å². The smallest absolute Gasteiger partial charge is 0.334 e. The van der Waals surface area contributed by atoms with E-state index in [-0.39, 0.29) is 42.2 Å². The maximum absolute atomic E-state index is 12.0. The molecule has 6 atom stereocenters. The number of aliphatic hydroxyl groups is 1. The molecule has 0 aromatic carbocycles. The van der Waals surface area contributed by atoms with Gasteiger partial charge < -0.3 is 14.6 Å². The Bertz CT molecular complexity index is 588. The van der Waals surface area contributed by atoms with Crippen molar-refractivity contribution in [1.29, 1.82) is 0 Å². The maximum Gasteiger partial charge on any atom is 0.334 e. The largest absolute Gasteiger partial charge is 0.459 e. The van der Waals surface area contributed by atoms with Crippen molar-refractivity contribution in [2.45, 2.75) is 57.8 Å². The third-order valence-electron chi connectivity index (χ3n) is 5.79. The number of hydrogen-bond acceptors (Lipinski definition) is 5. The highest BCUT2D eigenvalue weighted by molar-refractivity contribution is 5.91. The van der Waals surface area contributed by atoms with Crippen LogP contribution in [0, 0.1) is 17.8 Å². The number of allylic oxidation sites excluding steroid dienone is 1. The summed E-state index contributed by atoms with van der Waals surface area (Å²) in [7, 11) is 0. The van der Waals surface area contributed by atoms with E-state index in [1.54, 1.807) is 13.8 Å². The molecule has 0 unspecified atom stereocenters. The molecule has 2 aliphatic carbocycles. The molecule has 0 spiro atoms. The van der Waals surface area contributed by atoms with E-state index in [1.165, 1.54) is 0 Å². The van der Waals surface area contributed by atoms with Crippen LogP contribution in [0.4, 0.5) is 0 Å². The number of carbonyl (C=O) groups is 2. The summed E-state index contributed by atoms with van der Waals surface area (Å²) in [6.07, 6.45) is 2.41. The van der Waals surface area contributed by atoms with E-state index in [1.807, 2.05) is 6.92 Å². The second kappa shape index (κ2) is 5.48. The van der Waals surface area contributed by atoms with Crippen molar-refractivity contribution in [2.24, 2.45) is 17.8 Å². The second-order valence-corrected chi connectivity index (χ2v) is 7.11. The van der Waals surface area contributed by atoms with Gasteiger partial charge in [-0.15, -0.1) is 0 Å². The summed E-state index contributed by atoms with van der Waals surface area (Å²) in [5.74, 6) is -1.13. The van der Waals surface area contributed by atoms with Crippen LogP contribution in [-0.4, -0.2) is 34.9 Å². The summed E-state index contributed by atoms with van der Waals surface area (Å²) in [6.45, 7) is 9.33. The van der Waals surface area contributed by atoms with Crippen LogP contribution >= 0.6 is 0 Å². The van der Waals surface area contributed by atoms with Gasteiger partial charge in [0.15, 0.2) is 0 Å². The van der Waals surface area contributed by atoms with Gasteiger partial charge in [0.1, 0.15) is 17.8 Å². The van der Waals surface area contributed by atoms with Gasteiger partial charge in [0.25, 0.3) is 0 Å². The molecule has 1 saturated heterocycles. The summed E-state index contributed by atoms with van der Waals surface area (Å²) in [6, 6.07) is 0. The molecule has 1 heterocycles. The summed E-state index contributed by atoms with van der Waals surface area (Å²) in [4.78, 5) is 23.8. The molecular formula is C18H24O5. The van der Waals surface area contributed by atoms with Crippen LogP contribution in [0.2, 0.25) is 0 Å². The SMILES string of the molecule is C=C1C(=O)O[C@@H]2[C@H]3C(C)=CC[C@H]3[C@](C)(O)[C@H](OC(=O)CC)C[C@@H]12. The summed E-state index contributed by atoms with van der Waals surface area (Å²) in [5, 5.41) is 11.2. The Morgan fingerprint density at radius 3 is 2.91 bits per heavy atom. The fraction of sp³-hybridized carbons (Fsp3) is 0.667. The number of fused-ring (bicyclic) bond motifs is 3. The number of carbonyl (C=O) groups excluding carboxylic acids is 2. The fourth-order valence-corrected chi connectivity index (χ4v) is 4.35. The normalized spacial score (nSPS) is 42.4. The quantitative estimate of drug-likeness (QED) is 0.479. The minimum atomic E-state index is -1.17. The Kier molecular flexibility index (Phi) is 3.87. The number of esters is 2. The first-order chi connectivity index (χ1) is 10.8. The fourth-order valence-electron chi connectivity index (χ4n) is 4.35. The summed E-state index contributed by atoms with van der Waals surface area (Å²) in [5.41, 5.74) is 0.375. The zero-order chi connectivity index (χ0) is 16.9. The predicted molar refractivity (Wildman–Crippen MR) is 83.3 cm³/mol. The van der Waals surface area contributed by atoms with Crippen molar-refractivity contribution in [3.63, 3.8) is 0 Å². The number of hydrogen-bond donors (Lipinski definition) is 1. The first-order valence-electron chi connectivity index (χ1n) is 8.25. The van der Waals surface area contributed by atoms with E-state index >= 15 is 0 Å². The molecule has 23 heavy (non-hydrogen) atoms. The molecule has 2 fully saturated rings. The van der Waals surface area contributed by atoms with Gasteiger partial charge in [-0.2, -0.15) is 0 Å². The van der Waals surface area contributed by atoms with Crippen molar-refractivity contribution in [3.05, 3.63) is 23.8 Å². The van der Waals surface area contributed by atoms with Crippen LogP contribution in [0.25, 0.3) is 0 Å². The van der Waals surface area contributed by atoms with E-state index in [4.69, 9.17) is 9.47 Å². The molecule has 5 heteroatoms. The molecule has 0 amide bonds. The van der Waals surface area contributed by atoms with E-state index in [0.717, 1.165) is 5.57 Å². The van der Waals surface area contributed by atoms with Gasteiger partial charge in [0.05, 0.1) is 0 Å². The molecule has 1 N–H and O–H groups in total. The molecule has 0 bridgehead atoms. The third-order valence-corrected chi connectivity index (χ3v) is 5.79. The Morgan fingerprint density at radius 2 is 2.26 bits per heavy atom. The Balaban J connectivity index is 2.00. The number of rotatable bonds is 2. The van der Waals surface area contributed by atoms with Crippen LogP contribution in [0.15, 0.2) is 23.8 Å². The topological polar surface area (TPSA) is 72.8 Å². The molecule has 5 nitrogen and oxygen atoms in total. The lowest BCUT2D eigenvalue weighted by atomic mass is 9.76. The average molecular weight is 320 g/mol. The van der Waals surface area contributed by atoms with Crippen molar-refractivity contribution < 1.29 is 24.2 Å². The van der Waals surface area contributed by atoms with E-state index < -0.39 is 11.7 Å². The lowest BCUT2D eigenvalue weighted by molar-refractivity contribution is -0.171. The lowest BCUT2D eigenvalue weighted by Crippen LogP contribution is -2.49. The van der Waals surface area contributed by atoms with Crippen LogP contribution < -0.4 is 0 Å². The molecule has 0 aromatic rings. The molecular weight excluding hydrogens is 296 g/mol. The number of ether oxygens (including phenoxy) is 2. The lowest BCUT2D eigenvalue weighted by Gasteiger charge is -2.38. The molecule has 3 rings (SSSR count). The zero-order valence-electron chi connectivity index (χ0n) is 13.9. The third kappa shape index (κ3) is 2.42. The maximum atomic E-state index is 12.0. The van der Waals surface area contributed by atoms with Gasteiger partial charge in [0.2, 0.25) is 0 Å². The monoisotopic (exact) mass is 320 g/mol. The first-order valence-corrected chi connectivity index (χ1v) is 8.25. The Hall–Kier alpha value is -1.62. The van der Waals surface area contributed by atoms with Gasteiger partial charge in [-0.25, -0.2) is 4.79 Å². The van der Waals surface area contributed by atoms with Crippen LogP contribution in [-0.2, 0) is 19.1 Å². The molecule has 1 aliphatic heterocycles. The van der Waals surface area contributed by atoms with Gasteiger partial charge in [-0.05, 0) is 26.7 Å². The summed E-state index contributed by atoms with van der Waals surface area (Å²) < 4.78 is 11.1. The van der Waals surface area contributed by atoms with Crippen molar-refractivity contribution >= 4 is 11.9 Å². The predicted octanol–water partition coefficient (Wildman–Crippen LogP) is 2.14. The van der Waals surface area contributed by atoms with Crippen molar-refractivity contribution in [2.75, 3.05) is 0 Å². The zero-order valence-corrected chi connectivity index (χ0v) is 13.9. The highest BCUT2D eigenvalue weighted by Gasteiger charge is 2.58. The molecule has 0 aromatic heterocycles. The molecule has 126 valence electrons. The minimum absolute atomic E-state index is 0.0523. The average Bonchev–Trinajstić information content (AvgIpc) is 2.98. The highest BCUT2D eigenvalue weighted by Crippen LogP contribution is 2.52. The Morgan fingerprint density at radius 1 is 1.57 bits per heavy atom. The van der Waals surface area contributed by atoms with Gasteiger partial charge in [0, 0.05) is 29.7 Å². The summed E-state index contributed by atoms with van der Waals surface area (Å²) >= 11 is 0. The van der Waals surface area contributed by atoms with Crippen LogP contribution in [0.5, 0.6) is 0 Å². The van der Waals surface area contributed by atoms with E-state index in [0.29, 0.717) is 18.4 Å². The molecule has 0 radical (unpaired) electrons. The van der Waals surface area contributed by atoms with Crippen molar-refractivity contribution in [3.8, 4) is 0 Å². The minimum Gasteiger partial charge on any atom is -0.459 e. The highest BCUT2D eigenvalue weighted by atomic mass is 16.6. The standard InChI is InChI=1S/C18H24O5/c1-5-14(19)22-13-8-11-10(3)17(20)23-16(11)15-9(2)6-7-12(15)18(13,4)21/h6,11-13,15-16,21H,3,5,7-8H2,1-2,4H3/t11-,12+,13+,15-,16-,18-/m0/s1. The Labute approximate surface area is 136 Å². The van der Waals surface area contributed by atoms with Crippen LogP contribution in [0.1, 0.15) is 40.0 Å². The van der Waals surface area contributed by atoms with Gasteiger partial charge >= 0.3 is 11.9 Å². The van der Waals surface area contributed by atoms with Crippen LogP contribution in [0.3, 0.4) is 0 Å².